The molecule has 1 aromatic rings. The molecule has 0 aliphatic rings. The van der Waals surface area contributed by atoms with Gasteiger partial charge in [-0.15, -0.1) is 11.3 Å². The topological polar surface area (TPSA) is 40.5 Å². The molecular weight excluding hydrogens is 290 g/mol. The summed E-state index contributed by atoms with van der Waals surface area (Å²) >= 11 is 3.15. The number of carbonyl (C=O) groups is 1. The van der Waals surface area contributed by atoms with E-state index in [0.717, 1.165) is 22.6 Å². The minimum atomic E-state index is -0.161. The summed E-state index contributed by atoms with van der Waals surface area (Å²) in [6.45, 7) is 3.88. The number of amides is 1. The van der Waals surface area contributed by atoms with Crippen LogP contribution in [-0.4, -0.2) is 47.6 Å². The van der Waals surface area contributed by atoms with Crippen LogP contribution >= 0.6 is 23.1 Å². The van der Waals surface area contributed by atoms with Gasteiger partial charge in [0.15, 0.2) is 0 Å². The van der Waals surface area contributed by atoms with E-state index in [-0.39, 0.29) is 18.6 Å². The SMILES string of the molecule is CCC(CSC)N(C)C(=O)c1cc(C)c(C#CCO)s1. The summed E-state index contributed by atoms with van der Waals surface area (Å²) in [4.78, 5) is 15.9. The molecule has 5 heteroatoms. The van der Waals surface area contributed by atoms with Crippen LogP contribution in [0.4, 0.5) is 0 Å². The van der Waals surface area contributed by atoms with Crippen molar-refractivity contribution < 1.29 is 9.90 Å². The summed E-state index contributed by atoms with van der Waals surface area (Å²) in [6.07, 6.45) is 3.00. The second-order valence-electron chi connectivity index (χ2n) is 4.52. The van der Waals surface area contributed by atoms with Gasteiger partial charge in [0.25, 0.3) is 5.91 Å². The molecule has 0 radical (unpaired) electrons. The Morgan fingerprint density at radius 3 is 2.85 bits per heavy atom. The number of aryl methyl sites for hydroxylation is 1. The summed E-state index contributed by atoms with van der Waals surface area (Å²) in [6, 6.07) is 2.14. The minimum absolute atomic E-state index is 0.0519. The van der Waals surface area contributed by atoms with E-state index in [1.54, 1.807) is 11.8 Å². The number of aliphatic hydroxyl groups is 1. The first-order valence-corrected chi connectivity index (χ1v) is 8.72. The molecule has 3 nitrogen and oxygen atoms in total. The molecule has 0 aliphatic heterocycles. The lowest BCUT2D eigenvalue weighted by atomic mass is 10.2. The van der Waals surface area contributed by atoms with Gasteiger partial charge in [-0.25, -0.2) is 0 Å². The zero-order valence-electron chi connectivity index (χ0n) is 12.4. The Morgan fingerprint density at radius 1 is 1.60 bits per heavy atom. The number of hydrogen-bond donors (Lipinski definition) is 1. The van der Waals surface area contributed by atoms with Gasteiger partial charge in [0.05, 0.1) is 9.75 Å². The van der Waals surface area contributed by atoms with Crippen molar-refractivity contribution in [3.05, 3.63) is 21.4 Å². The first kappa shape index (κ1) is 17.1. The Kier molecular flexibility index (Phi) is 7.14. The summed E-state index contributed by atoms with van der Waals surface area (Å²) < 4.78 is 0. The Morgan fingerprint density at radius 2 is 2.30 bits per heavy atom. The van der Waals surface area contributed by atoms with Gasteiger partial charge < -0.3 is 10.0 Å². The van der Waals surface area contributed by atoms with Crippen molar-refractivity contribution in [1.82, 2.24) is 4.90 Å². The van der Waals surface area contributed by atoms with Gasteiger partial charge in [0.1, 0.15) is 6.61 Å². The molecule has 0 spiro atoms. The monoisotopic (exact) mass is 311 g/mol. The van der Waals surface area contributed by atoms with Crippen molar-refractivity contribution in [2.24, 2.45) is 0 Å². The average molecular weight is 311 g/mol. The van der Waals surface area contributed by atoms with Crippen LogP contribution in [0.5, 0.6) is 0 Å². The molecule has 0 bridgehead atoms. The van der Waals surface area contributed by atoms with E-state index in [1.165, 1.54) is 11.3 Å². The van der Waals surface area contributed by atoms with Crippen molar-refractivity contribution in [2.75, 3.05) is 25.7 Å². The molecule has 1 amide bonds. The molecule has 1 N–H and O–H groups in total. The highest BCUT2D eigenvalue weighted by Crippen LogP contribution is 2.23. The highest BCUT2D eigenvalue weighted by Gasteiger charge is 2.21. The molecule has 0 aromatic carbocycles. The van der Waals surface area contributed by atoms with Gasteiger partial charge in [-0.3, -0.25) is 4.79 Å². The van der Waals surface area contributed by atoms with Crippen LogP contribution < -0.4 is 0 Å². The van der Waals surface area contributed by atoms with Crippen LogP contribution in [0, 0.1) is 18.8 Å². The number of rotatable bonds is 5. The van der Waals surface area contributed by atoms with E-state index >= 15 is 0 Å². The maximum atomic E-state index is 12.5. The fourth-order valence-corrected chi connectivity index (χ4v) is 3.74. The Hall–Kier alpha value is -0.960. The minimum Gasteiger partial charge on any atom is -0.384 e. The molecule has 1 heterocycles. The molecule has 110 valence electrons. The number of thiophene rings is 1. The third-order valence-electron chi connectivity index (χ3n) is 3.11. The van der Waals surface area contributed by atoms with Crippen LogP contribution in [0.25, 0.3) is 0 Å². The van der Waals surface area contributed by atoms with Crippen molar-refractivity contribution >= 4 is 29.0 Å². The highest BCUT2D eigenvalue weighted by molar-refractivity contribution is 7.98. The second kappa shape index (κ2) is 8.35. The summed E-state index contributed by atoms with van der Waals surface area (Å²) in [5.74, 6) is 6.51. The molecule has 1 aromatic heterocycles. The van der Waals surface area contributed by atoms with Gasteiger partial charge in [0, 0.05) is 18.8 Å². The lowest BCUT2D eigenvalue weighted by molar-refractivity contribution is 0.0748. The molecule has 0 fully saturated rings. The van der Waals surface area contributed by atoms with E-state index in [0.29, 0.717) is 4.88 Å². The van der Waals surface area contributed by atoms with E-state index in [4.69, 9.17) is 5.11 Å². The molecule has 1 atom stereocenters. The fraction of sp³-hybridized carbons (Fsp3) is 0.533. The molecule has 0 saturated carbocycles. The largest absolute Gasteiger partial charge is 0.384 e. The van der Waals surface area contributed by atoms with Crippen molar-refractivity contribution in [3.63, 3.8) is 0 Å². The second-order valence-corrected chi connectivity index (χ2v) is 6.48. The Bertz CT molecular complexity index is 514. The van der Waals surface area contributed by atoms with Crippen molar-refractivity contribution in [3.8, 4) is 11.8 Å². The lowest BCUT2D eigenvalue weighted by Gasteiger charge is -2.26. The van der Waals surface area contributed by atoms with Gasteiger partial charge in [-0.1, -0.05) is 18.8 Å². The molecule has 0 aliphatic carbocycles. The van der Waals surface area contributed by atoms with Crippen LogP contribution in [-0.2, 0) is 0 Å². The smallest absolute Gasteiger partial charge is 0.263 e. The predicted octanol–water partition coefficient (Wildman–Crippen LogP) is 2.61. The summed E-state index contributed by atoms with van der Waals surface area (Å²) in [7, 11) is 1.86. The van der Waals surface area contributed by atoms with E-state index in [1.807, 2.05) is 24.9 Å². The normalized spacial score (nSPS) is 11.7. The first-order chi connectivity index (χ1) is 9.54. The maximum absolute atomic E-state index is 12.5. The van der Waals surface area contributed by atoms with E-state index < -0.39 is 0 Å². The molecular formula is C15H21NO2S2. The number of thioether (sulfide) groups is 1. The van der Waals surface area contributed by atoms with Gasteiger partial charge in [-0.05, 0) is 31.2 Å². The first-order valence-electron chi connectivity index (χ1n) is 6.51. The molecule has 1 unspecified atom stereocenters. The summed E-state index contributed by atoms with van der Waals surface area (Å²) in [5, 5.41) is 8.74. The maximum Gasteiger partial charge on any atom is 0.263 e. The standard InChI is InChI=1S/C15H21NO2S2/c1-5-12(10-19-4)16(3)15(18)14-9-11(2)13(20-14)7-6-8-17/h9,12,17H,5,8,10H2,1-4H3. The number of carbonyl (C=O) groups excluding carboxylic acids is 1. The fourth-order valence-electron chi connectivity index (χ4n) is 1.87. The number of aliphatic hydroxyl groups excluding tert-OH is 1. The Labute approximate surface area is 129 Å². The van der Waals surface area contributed by atoms with Crippen LogP contribution in [0.2, 0.25) is 0 Å². The lowest BCUT2D eigenvalue weighted by Crippen LogP contribution is -2.37. The third-order valence-corrected chi connectivity index (χ3v) is 4.97. The van der Waals surface area contributed by atoms with E-state index in [2.05, 4.69) is 25.0 Å². The van der Waals surface area contributed by atoms with E-state index in [9.17, 15) is 4.79 Å². The van der Waals surface area contributed by atoms with Crippen LogP contribution in [0.15, 0.2) is 6.07 Å². The molecule has 1 rings (SSSR count). The zero-order valence-corrected chi connectivity index (χ0v) is 14.0. The number of hydrogen-bond acceptors (Lipinski definition) is 4. The van der Waals surface area contributed by atoms with Crippen molar-refractivity contribution in [1.29, 1.82) is 0 Å². The quantitative estimate of drug-likeness (QED) is 0.850. The zero-order chi connectivity index (χ0) is 15.1. The van der Waals surface area contributed by atoms with Crippen molar-refractivity contribution in [2.45, 2.75) is 26.3 Å². The van der Waals surface area contributed by atoms with Crippen LogP contribution in [0.1, 0.15) is 33.5 Å². The van der Waals surface area contributed by atoms with Gasteiger partial charge in [0.2, 0.25) is 0 Å². The third kappa shape index (κ3) is 4.27. The Balaban J connectivity index is 2.91. The summed E-state index contributed by atoms with van der Waals surface area (Å²) in [5.41, 5.74) is 0.991. The average Bonchev–Trinajstić information content (AvgIpc) is 2.82. The highest BCUT2D eigenvalue weighted by atomic mass is 32.2. The molecule has 0 saturated heterocycles. The predicted molar refractivity (Wildman–Crippen MR) is 87.6 cm³/mol. The number of nitrogens with zero attached hydrogens (tertiary/aromatic N) is 1. The van der Waals surface area contributed by atoms with Gasteiger partial charge in [-0.2, -0.15) is 11.8 Å². The molecule has 20 heavy (non-hydrogen) atoms. The van der Waals surface area contributed by atoms with Gasteiger partial charge >= 0.3 is 0 Å². The van der Waals surface area contributed by atoms with Crippen LogP contribution in [0.3, 0.4) is 0 Å².